The zero-order valence-electron chi connectivity index (χ0n) is 8.03. The van der Waals surface area contributed by atoms with Gasteiger partial charge in [0.05, 0.1) is 6.20 Å². The third kappa shape index (κ3) is 1.97. The maximum absolute atomic E-state index is 11.1. The van der Waals surface area contributed by atoms with Gasteiger partial charge in [-0.1, -0.05) is 5.21 Å². The highest BCUT2D eigenvalue weighted by Gasteiger charge is 2.04. The minimum Gasteiger partial charge on any atom is -0.502 e. The molecule has 0 bridgehead atoms. The fourth-order valence-electron chi connectivity index (χ4n) is 1.13. The molecule has 1 N–H and O–H groups in total. The smallest absolute Gasteiger partial charge is 0.226 e. The van der Waals surface area contributed by atoms with Gasteiger partial charge in [0.2, 0.25) is 5.43 Å². The van der Waals surface area contributed by atoms with E-state index in [0.717, 1.165) is 12.3 Å². The minimum atomic E-state index is -0.531. The van der Waals surface area contributed by atoms with Crippen LogP contribution in [0.1, 0.15) is 16.2 Å². The van der Waals surface area contributed by atoms with Crippen LogP contribution >= 0.6 is 0 Å². The number of aromatic nitrogens is 3. The topological polar surface area (TPSA) is 98.2 Å². The molecule has 0 saturated carbocycles. The fourth-order valence-corrected chi connectivity index (χ4v) is 1.13. The van der Waals surface area contributed by atoms with E-state index in [1.54, 1.807) is 0 Å². The van der Waals surface area contributed by atoms with Crippen LogP contribution in [0.2, 0.25) is 0 Å². The molecule has 0 radical (unpaired) electrons. The Morgan fingerprint density at radius 3 is 3.00 bits per heavy atom. The molecule has 0 aliphatic rings. The van der Waals surface area contributed by atoms with Crippen LogP contribution in [0.4, 0.5) is 0 Å². The first-order chi connectivity index (χ1) is 7.69. The molecule has 0 spiro atoms. The second-order valence-electron chi connectivity index (χ2n) is 3.05. The molecule has 0 aliphatic heterocycles. The summed E-state index contributed by atoms with van der Waals surface area (Å²) in [4.78, 5) is 21.4. The maximum Gasteiger partial charge on any atom is 0.226 e. The van der Waals surface area contributed by atoms with E-state index in [4.69, 9.17) is 9.52 Å². The summed E-state index contributed by atoms with van der Waals surface area (Å²) in [5, 5.41) is 16.2. The van der Waals surface area contributed by atoms with E-state index in [2.05, 4.69) is 10.3 Å². The number of aromatic hydroxyl groups is 1. The minimum absolute atomic E-state index is 0.163. The quantitative estimate of drug-likeness (QED) is 0.720. The SMILES string of the molecule is O=Cc1cn(Cc2cc(=O)c(O)co2)nn1. The molecule has 2 rings (SSSR count). The van der Waals surface area contributed by atoms with E-state index in [1.807, 2.05) is 0 Å². The van der Waals surface area contributed by atoms with Gasteiger partial charge >= 0.3 is 0 Å². The van der Waals surface area contributed by atoms with E-state index < -0.39 is 11.2 Å². The van der Waals surface area contributed by atoms with Crippen LogP contribution in [0.15, 0.2) is 27.7 Å². The van der Waals surface area contributed by atoms with Crippen molar-refractivity contribution in [1.82, 2.24) is 15.0 Å². The molecule has 0 aliphatic carbocycles. The molecule has 0 atom stereocenters. The van der Waals surface area contributed by atoms with Crippen LogP contribution < -0.4 is 5.43 Å². The summed E-state index contributed by atoms with van der Waals surface area (Å²) in [5.74, 6) is -0.138. The highest BCUT2D eigenvalue weighted by atomic mass is 16.4. The summed E-state index contributed by atoms with van der Waals surface area (Å²) in [6.45, 7) is 0.163. The Bertz CT molecular complexity index is 572. The largest absolute Gasteiger partial charge is 0.502 e. The monoisotopic (exact) mass is 221 g/mol. The molecule has 82 valence electrons. The van der Waals surface area contributed by atoms with Crippen LogP contribution in [0, 0.1) is 0 Å². The molecule has 0 unspecified atom stereocenters. The zero-order valence-corrected chi connectivity index (χ0v) is 8.03. The summed E-state index contributed by atoms with van der Waals surface area (Å²) in [6, 6.07) is 1.15. The van der Waals surface area contributed by atoms with Gasteiger partial charge in [-0.05, 0) is 0 Å². The van der Waals surface area contributed by atoms with Crippen LogP contribution in [0.25, 0.3) is 0 Å². The highest BCUT2D eigenvalue weighted by molar-refractivity contribution is 5.70. The fraction of sp³-hybridized carbons (Fsp3) is 0.111. The van der Waals surface area contributed by atoms with Crippen LogP contribution in [0.5, 0.6) is 5.75 Å². The molecule has 0 fully saturated rings. The number of hydrogen-bond donors (Lipinski definition) is 1. The lowest BCUT2D eigenvalue weighted by Crippen LogP contribution is -2.05. The molecule has 16 heavy (non-hydrogen) atoms. The lowest BCUT2D eigenvalue weighted by atomic mass is 10.3. The Balaban J connectivity index is 2.23. The van der Waals surface area contributed by atoms with Crippen molar-refractivity contribution in [3.8, 4) is 5.75 Å². The Morgan fingerprint density at radius 2 is 2.38 bits per heavy atom. The number of aldehydes is 1. The summed E-state index contributed by atoms with van der Waals surface area (Å²) in [6.07, 6.45) is 2.94. The van der Waals surface area contributed by atoms with Crippen LogP contribution in [0.3, 0.4) is 0 Å². The first kappa shape index (κ1) is 10.1. The predicted octanol–water partition coefficient (Wildman–Crippen LogP) is -0.202. The van der Waals surface area contributed by atoms with Crippen molar-refractivity contribution in [3.05, 3.63) is 40.2 Å². The number of carbonyl (C=O) groups is 1. The normalized spacial score (nSPS) is 10.2. The molecule has 0 saturated heterocycles. The molecule has 7 heteroatoms. The average molecular weight is 221 g/mol. The number of nitrogens with zero attached hydrogens (tertiary/aromatic N) is 3. The molecule has 2 aromatic rings. The Hall–Kier alpha value is -2.44. The van der Waals surface area contributed by atoms with E-state index in [1.165, 1.54) is 10.9 Å². The van der Waals surface area contributed by atoms with E-state index >= 15 is 0 Å². The zero-order chi connectivity index (χ0) is 11.5. The second-order valence-corrected chi connectivity index (χ2v) is 3.05. The summed E-state index contributed by atoms with van der Waals surface area (Å²) in [5.41, 5.74) is -0.335. The lowest BCUT2D eigenvalue weighted by Gasteiger charge is -1.98. The van der Waals surface area contributed by atoms with Gasteiger partial charge in [0, 0.05) is 6.07 Å². The van der Waals surface area contributed by atoms with Gasteiger partial charge in [0.15, 0.2) is 12.0 Å². The molecule has 7 nitrogen and oxygen atoms in total. The van der Waals surface area contributed by atoms with Crippen molar-refractivity contribution in [3.63, 3.8) is 0 Å². The Morgan fingerprint density at radius 1 is 1.56 bits per heavy atom. The summed E-state index contributed by atoms with van der Waals surface area (Å²) >= 11 is 0. The van der Waals surface area contributed by atoms with Crippen molar-refractivity contribution < 1.29 is 14.3 Å². The molecular weight excluding hydrogens is 214 g/mol. The third-order valence-corrected chi connectivity index (χ3v) is 1.86. The standard InChI is InChI=1S/C9H7N3O4/c13-4-6-2-12(11-10-6)3-7-1-8(14)9(15)5-16-7/h1-2,4-5,15H,3H2. The lowest BCUT2D eigenvalue weighted by molar-refractivity contribution is 0.111. The molecule has 2 heterocycles. The number of hydrogen-bond acceptors (Lipinski definition) is 6. The Labute approximate surface area is 88.9 Å². The third-order valence-electron chi connectivity index (χ3n) is 1.86. The van der Waals surface area contributed by atoms with E-state index in [-0.39, 0.29) is 12.2 Å². The summed E-state index contributed by atoms with van der Waals surface area (Å²) in [7, 11) is 0. The summed E-state index contributed by atoms with van der Waals surface area (Å²) < 4.78 is 6.31. The van der Waals surface area contributed by atoms with Crippen molar-refractivity contribution in [1.29, 1.82) is 0 Å². The van der Waals surface area contributed by atoms with E-state index in [9.17, 15) is 9.59 Å². The molecule has 0 aromatic carbocycles. The van der Waals surface area contributed by atoms with Gasteiger partial charge in [-0.25, -0.2) is 4.68 Å². The first-order valence-corrected chi connectivity index (χ1v) is 4.35. The number of rotatable bonds is 3. The van der Waals surface area contributed by atoms with Gasteiger partial charge in [0.25, 0.3) is 0 Å². The second kappa shape index (κ2) is 3.97. The van der Waals surface area contributed by atoms with Gasteiger partial charge in [0.1, 0.15) is 24.3 Å². The van der Waals surface area contributed by atoms with Crippen LogP contribution in [-0.4, -0.2) is 26.4 Å². The molecule has 2 aromatic heterocycles. The van der Waals surface area contributed by atoms with Crippen LogP contribution in [-0.2, 0) is 6.54 Å². The molecule has 0 amide bonds. The van der Waals surface area contributed by atoms with Gasteiger partial charge < -0.3 is 9.52 Å². The van der Waals surface area contributed by atoms with E-state index in [0.29, 0.717) is 12.0 Å². The highest BCUT2D eigenvalue weighted by Crippen LogP contribution is 2.04. The van der Waals surface area contributed by atoms with Crippen molar-refractivity contribution in [2.24, 2.45) is 0 Å². The van der Waals surface area contributed by atoms with Gasteiger partial charge in [-0.2, -0.15) is 0 Å². The van der Waals surface area contributed by atoms with Gasteiger partial charge in [-0.3, -0.25) is 9.59 Å². The van der Waals surface area contributed by atoms with Crippen molar-refractivity contribution >= 4 is 6.29 Å². The Kier molecular flexibility index (Phi) is 2.50. The molecular formula is C9H7N3O4. The first-order valence-electron chi connectivity index (χ1n) is 4.35. The predicted molar refractivity (Wildman–Crippen MR) is 51.2 cm³/mol. The average Bonchev–Trinajstić information content (AvgIpc) is 2.71. The van der Waals surface area contributed by atoms with Crippen molar-refractivity contribution in [2.75, 3.05) is 0 Å². The van der Waals surface area contributed by atoms with Crippen molar-refractivity contribution in [2.45, 2.75) is 6.54 Å². The maximum atomic E-state index is 11.1. The number of carbonyl (C=O) groups excluding carboxylic acids is 1. The van der Waals surface area contributed by atoms with Gasteiger partial charge in [-0.15, -0.1) is 5.10 Å².